The van der Waals surface area contributed by atoms with Crippen LogP contribution in [-0.4, -0.2) is 22.9 Å². The maximum atomic E-state index is 12.7. The molecule has 0 unspecified atom stereocenters. The van der Waals surface area contributed by atoms with E-state index in [4.69, 9.17) is 0 Å². The van der Waals surface area contributed by atoms with Crippen LogP contribution in [0.25, 0.3) is 10.2 Å². The number of nitrogens with zero attached hydrogens (tertiary/aromatic N) is 3. The van der Waals surface area contributed by atoms with Gasteiger partial charge in [-0.25, -0.2) is 0 Å². The van der Waals surface area contributed by atoms with Gasteiger partial charge in [0.05, 0.1) is 16.1 Å². The zero-order valence-electron chi connectivity index (χ0n) is 14.7. The molecule has 1 aliphatic heterocycles. The normalized spacial score (nSPS) is 18.1. The molecule has 2 heterocycles. The van der Waals surface area contributed by atoms with E-state index in [0.717, 1.165) is 21.5 Å². The van der Waals surface area contributed by atoms with E-state index >= 15 is 0 Å². The van der Waals surface area contributed by atoms with Crippen molar-refractivity contribution in [3.8, 4) is 0 Å². The Bertz CT molecular complexity index is 1060. The Morgan fingerprint density at radius 1 is 1.15 bits per heavy atom. The number of anilines is 1. The first-order chi connectivity index (χ1) is 12.5. The van der Waals surface area contributed by atoms with Gasteiger partial charge in [-0.3, -0.25) is 9.59 Å². The van der Waals surface area contributed by atoms with Gasteiger partial charge in [0.15, 0.2) is 4.80 Å². The Labute approximate surface area is 155 Å². The average Bonchev–Trinajstić information content (AvgIpc) is 3.17. The van der Waals surface area contributed by atoms with E-state index in [0.29, 0.717) is 11.3 Å². The molecule has 1 atom stereocenters. The van der Waals surface area contributed by atoms with Gasteiger partial charge in [0, 0.05) is 25.7 Å². The molecule has 6 heteroatoms. The number of amides is 2. The first kappa shape index (κ1) is 16.7. The molecule has 2 amide bonds. The van der Waals surface area contributed by atoms with Crippen molar-refractivity contribution in [2.24, 2.45) is 18.0 Å². The summed E-state index contributed by atoms with van der Waals surface area (Å²) in [7, 11) is 1.91. The van der Waals surface area contributed by atoms with Crippen molar-refractivity contribution in [2.45, 2.75) is 13.3 Å². The van der Waals surface area contributed by atoms with Gasteiger partial charge < -0.3 is 9.47 Å². The highest BCUT2D eigenvalue weighted by molar-refractivity contribution is 7.16. The SMILES string of the molecule is Cc1ccc(N2C[C@H](C(=O)N=c3sc4ccccc4n3C)CC2=O)cc1. The van der Waals surface area contributed by atoms with Gasteiger partial charge >= 0.3 is 0 Å². The molecule has 1 saturated heterocycles. The van der Waals surface area contributed by atoms with Crippen LogP contribution in [0.5, 0.6) is 0 Å². The monoisotopic (exact) mass is 365 g/mol. The summed E-state index contributed by atoms with van der Waals surface area (Å²) >= 11 is 1.49. The van der Waals surface area contributed by atoms with E-state index in [1.54, 1.807) is 4.90 Å². The van der Waals surface area contributed by atoms with Crippen LogP contribution >= 0.6 is 11.3 Å². The van der Waals surface area contributed by atoms with Crippen LogP contribution in [0.4, 0.5) is 5.69 Å². The third-order valence-electron chi connectivity index (χ3n) is 4.74. The van der Waals surface area contributed by atoms with E-state index in [-0.39, 0.29) is 18.2 Å². The topological polar surface area (TPSA) is 54.7 Å². The molecular formula is C20H19N3O2S. The number of thiazole rings is 1. The minimum atomic E-state index is -0.394. The van der Waals surface area contributed by atoms with Crippen LogP contribution in [0.1, 0.15) is 12.0 Å². The minimum Gasteiger partial charge on any atom is -0.319 e. The predicted octanol–water partition coefficient (Wildman–Crippen LogP) is 3.03. The highest BCUT2D eigenvalue weighted by Crippen LogP contribution is 2.26. The third kappa shape index (κ3) is 2.97. The molecule has 0 bridgehead atoms. The van der Waals surface area contributed by atoms with Gasteiger partial charge in [-0.1, -0.05) is 41.2 Å². The highest BCUT2D eigenvalue weighted by Gasteiger charge is 2.35. The summed E-state index contributed by atoms with van der Waals surface area (Å²) in [5, 5.41) is 0. The molecule has 2 aromatic carbocycles. The predicted molar refractivity (Wildman–Crippen MR) is 103 cm³/mol. The smallest absolute Gasteiger partial charge is 0.253 e. The number of aromatic nitrogens is 1. The van der Waals surface area contributed by atoms with Crippen LogP contribution in [-0.2, 0) is 16.6 Å². The number of fused-ring (bicyclic) bond motifs is 1. The van der Waals surface area contributed by atoms with Crippen molar-refractivity contribution in [3.05, 3.63) is 58.9 Å². The fourth-order valence-electron chi connectivity index (χ4n) is 3.22. The highest BCUT2D eigenvalue weighted by atomic mass is 32.1. The standard InChI is InChI=1S/C20H19N3O2S/c1-13-7-9-15(10-8-13)23-12-14(11-18(23)24)19(25)21-20-22(2)16-5-3-4-6-17(16)26-20/h3-10,14H,11-12H2,1-2H3/t14-/m1/s1. The summed E-state index contributed by atoms with van der Waals surface area (Å²) in [5.41, 5.74) is 3.02. The molecule has 1 aromatic heterocycles. The maximum Gasteiger partial charge on any atom is 0.253 e. The number of rotatable bonds is 2. The molecule has 3 aromatic rings. The van der Waals surface area contributed by atoms with Crippen LogP contribution in [0.15, 0.2) is 53.5 Å². The lowest BCUT2D eigenvalue weighted by Gasteiger charge is -2.16. The van der Waals surface area contributed by atoms with Crippen molar-refractivity contribution in [1.82, 2.24) is 4.57 Å². The first-order valence-electron chi connectivity index (χ1n) is 8.53. The van der Waals surface area contributed by atoms with Crippen molar-refractivity contribution < 1.29 is 9.59 Å². The number of hydrogen-bond acceptors (Lipinski definition) is 3. The number of aryl methyl sites for hydroxylation is 2. The number of hydrogen-bond donors (Lipinski definition) is 0. The maximum absolute atomic E-state index is 12.7. The Balaban J connectivity index is 1.60. The second kappa shape index (κ2) is 6.53. The minimum absolute atomic E-state index is 0.0249. The van der Waals surface area contributed by atoms with Gasteiger partial charge in [0.25, 0.3) is 5.91 Å². The van der Waals surface area contributed by atoms with Crippen molar-refractivity contribution in [2.75, 3.05) is 11.4 Å². The third-order valence-corrected chi connectivity index (χ3v) is 5.85. The molecule has 0 spiro atoms. The largest absolute Gasteiger partial charge is 0.319 e. The van der Waals surface area contributed by atoms with Gasteiger partial charge in [-0.2, -0.15) is 4.99 Å². The average molecular weight is 365 g/mol. The molecule has 0 radical (unpaired) electrons. The molecule has 1 fully saturated rings. The van der Waals surface area contributed by atoms with E-state index in [1.165, 1.54) is 11.3 Å². The lowest BCUT2D eigenvalue weighted by Crippen LogP contribution is -2.26. The van der Waals surface area contributed by atoms with Crippen molar-refractivity contribution in [1.29, 1.82) is 0 Å². The zero-order valence-corrected chi connectivity index (χ0v) is 15.5. The Hall–Kier alpha value is -2.73. The summed E-state index contributed by atoms with van der Waals surface area (Å²) in [5.74, 6) is -0.646. The molecular weight excluding hydrogens is 346 g/mol. The summed E-state index contributed by atoms with van der Waals surface area (Å²) in [6, 6.07) is 15.7. The van der Waals surface area contributed by atoms with E-state index < -0.39 is 5.92 Å². The quantitative estimate of drug-likeness (QED) is 0.701. The molecule has 0 N–H and O–H groups in total. The number of carbonyl (C=O) groups excluding carboxylic acids is 2. The van der Waals surface area contributed by atoms with E-state index in [2.05, 4.69) is 4.99 Å². The molecule has 5 nitrogen and oxygen atoms in total. The van der Waals surface area contributed by atoms with E-state index in [1.807, 2.05) is 67.1 Å². The van der Waals surface area contributed by atoms with Gasteiger partial charge in [-0.15, -0.1) is 0 Å². The molecule has 1 aliphatic rings. The Morgan fingerprint density at radius 3 is 2.62 bits per heavy atom. The lowest BCUT2D eigenvalue weighted by atomic mass is 10.1. The van der Waals surface area contributed by atoms with Gasteiger partial charge in [-0.05, 0) is 31.2 Å². The Kier molecular flexibility index (Phi) is 4.20. The van der Waals surface area contributed by atoms with Gasteiger partial charge in [0.1, 0.15) is 0 Å². The first-order valence-corrected chi connectivity index (χ1v) is 9.35. The summed E-state index contributed by atoms with van der Waals surface area (Å²) < 4.78 is 3.01. The second-order valence-corrected chi connectivity index (χ2v) is 7.61. The molecule has 0 aliphatic carbocycles. The number of para-hydroxylation sites is 1. The number of carbonyl (C=O) groups is 2. The van der Waals surface area contributed by atoms with Crippen LogP contribution < -0.4 is 9.70 Å². The molecule has 26 heavy (non-hydrogen) atoms. The summed E-state index contributed by atoms with van der Waals surface area (Å²) in [4.78, 5) is 31.7. The Morgan fingerprint density at radius 2 is 1.88 bits per heavy atom. The summed E-state index contributed by atoms with van der Waals surface area (Å²) in [6.07, 6.45) is 0.213. The molecule has 0 saturated carbocycles. The van der Waals surface area contributed by atoms with Crippen LogP contribution in [0.2, 0.25) is 0 Å². The lowest BCUT2D eigenvalue weighted by molar-refractivity contribution is -0.123. The number of benzene rings is 2. The van der Waals surface area contributed by atoms with Crippen LogP contribution in [0, 0.1) is 12.8 Å². The van der Waals surface area contributed by atoms with Gasteiger partial charge in [0.2, 0.25) is 5.91 Å². The van der Waals surface area contributed by atoms with E-state index in [9.17, 15) is 9.59 Å². The molecule has 4 rings (SSSR count). The molecule has 132 valence electrons. The zero-order chi connectivity index (χ0) is 18.3. The van der Waals surface area contributed by atoms with Crippen LogP contribution in [0.3, 0.4) is 0 Å². The second-order valence-electron chi connectivity index (χ2n) is 6.60. The fourth-order valence-corrected chi connectivity index (χ4v) is 4.24. The fraction of sp³-hybridized carbons (Fsp3) is 0.250. The van der Waals surface area contributed by atoms with Crippen molar-refractivity contribution >= 4 is 39.1 Å². The van der Waals surface area contributed by atoms with Crippen molar-refractivity contribution in [3.63, 3.8) is 0 Å². The summed E-state index contributed by atoms with van der Waals surface area (Å²) in [6.45, 7) is 2.39.